The minimum absolute atomic E-state index is 0.00597. The molecule has 0 aliphatic carbocycles. The number of fused-ring (bicyclic) bond motifs is 1. The average molecular weight is 602 g/mol. The van der Waals surface area contributed by atoms with E-state index in [9.17, 15) is 42.0 Å². The molecule has 15 nitrogen and oxygen atoms in total. The molecule has 0 aromatic carbocycles. The van der Waals surface area contributed by atoms with Gasteiger partial charge in [-0.2, -0.15) is 21.8 Å². The second-order valence-corrected chi connectivity index (χ2v) is 12.0. The molecule has 7 N–H and O–H groups in total. The molecule has 3 unspecified atom stereocenters. The van der Waals surface area contributed by atoms with E-state index in [0.717, 1.165) is 6.07 Å². The number of alkyl halides is 3. The van der Waals surface area contributed by atoms with Crippen molar-refractivity contribution in [3.8, 4) is 0 Å². The van der Waals surface area contributed by atoms with E-state index in [0.29, 0.717) is 6.07 Å². The molecule has 3 rings (SSSR count). The third kappa shape index (κ3) is 7.24. The lowest BCUT2D eigenvalue weighted by Gasteiger charge is -2.19. The van der Waals surface area contributed by atoms with Crippen LogP contribution in [0, 0.1) is 4.64 Å². The second kappa shape index (κ2) is 10.2. The number of aliphatic hydroxyl groups is 2. The van der Waals surface area contributed by atoms with Gasteiger partial charge in [0.15, 0.2) is 0 Å². The van der Waals surface area contributed by atoms with Crippen LogP contribution >= 0.6 is 35.7 Å². The smallest absolute Gasteiger partial charge is 0.387 e. The quantitative estimate of drug-likeness (QED) is 0.168. The minimum Gasteiger partial charge on any atom is -0.387 e. The van der Waals surface area contributed by atoms with Crippen LogP contribution in [0.25, 0.3) is 11.0 Å². The second-order valence-electron chi connectivity index (χ2n) is 7.15. The number of H-pyrrole nitrogens is 1. The van der Waals surface area contributed by atoms with E-state index in [-0.39, 0.29) is 21.2 Å². The number of halogens is 3. The molecule has 0 saturated carbocycles. The molecule has 0 radical (unpaired) electrons. The van der Waals surface area contributed by atoms with Crippen LogP contribution in [-0.2, 0) is 37.8 Å². The first kappa shape index (κ1) is 29.4. The van der Waals surface area contributed by atoms with Gasteiger partial charge in [0.25, 0.3) is 0 Å². The van der Waals surface area contributed by atoms with E-state index in [4.69, 9.17) is 31.6 Å². The van der Waals surface area contributed by atoms with Crippen LogP contribution in [0.2, 0.25) is 0 Å². The number of aromatic nitrogens is 2. The van der Waals surface area contributed by atoms with Crippen molar-refractivity contribution in [1.82, 2.24) is 9.97 Å². The van der Waals surface area contributed by atoms with E-state index < -0.39 is 66.4 Å². The number of aliphatic hydroxyl groups excluding tert-OH is 2. The number of nitrogens with one attached hydrogen (secondary N) is 1. The Labute approximate surface area is 202 Å². The zero-order valence-corrected chi connectivity index (χ0v) is 20.6. The summed E-state index contributed by atoms with van der Waals surface area (Å²) in [6, 6.07) is 3.02. The van der Waals surface area contributed by atoms with Gasteiger partial charge in [0.2, 0.25) is 0 Å². The van der Waals surface area contributed by atoms with Gasteiger partial charge in [0.05, 0.1) is 6.61 Å². The van der Waals surface area contributed by atoms with Crippen molar-refractivity contribution in [3.05, 3.63) is 34.1 Å². The fraction of sp³-hybridized carbons (Fsp3) is 0.429. The number of aromatic amines is 1. The van der Waals surface area contributed by atoms with E-state index >= 15 is 0 Å². The van der Waals surface area contributed by atoms with E-state index in [1.165, 1.54) is 6.07 Å². The zero-order valence-electron chi connectivity index (χ0n) is 17.1. The Kier molecular flexibility index (Phi) is 8.34. The van der Waals surface area contributed by atoms with Gasteiger partial charge < -0.3 is 39.5 Å². The number of pyridine rings is 2. The van der Waals surface area contributed by atoms with Crippen molar-refractivity contribution in [3.63, 3.8) is 0 Å². The van der Waals surface area contributed by atoms with Crippen LogP contribution in [0.5, 0.6) is 0 Å². The van der Waals surface area contributed by atoms with E-state index in [2.05, 4.69) is 23.1 Å². The number of hydrogen-bond donors (Lipinski definition) is 7. The van der Waals surface area contributed by atoms with Crippen molar-refractivity contribution >= 4 is 46.7 Å². The largest absolute Gasteiger partial charge is 0.490 e. The van der Waals surface area contributed by atoms with Crippen molar-refractivity contribution in [2.45, 2.75) is 30.6 Å². The van der Waals surface area contributed by atoms with Crippen LogP contribution < -0.4 is 0 Å². The lowest BCUT2D eigenvalue weighted by Crippen LogP contribution is -2.33. The lowest BCUT2D eigenvalue weighted by atomic mass is 10.0. The molecule has 2 aromatic rings. The first-order valence-corrected chi connectivity index (χ1v) is 14.1. The first-order chi connectivity index (χ1) is 16.3. The maximum absolute atomic E-state index is 12.9. The summed E-state index contributed by atoms with van der Waals surface area (Å²) in [7, 11) is -16.9. The maximum Gasteiger partial charge on any atom is 0.490 e. The number of ether oxygens (including phenoxy) is 1. The van der Waals surface area contributed by atoms with Crippen LogP contribution in [0.3, 0.4) is 0 Å². The number of nitrogens with zero attached hydrogens (tertiary/aromatic N) is 1. The van der Waals surface area contributed by atoms with Gasteiger partial charge in [0, 0.05) is 10.9 Å². The first-order valence-electron chi connectivity index (χ1n) is 9.19. The van der Waals surface area contributed by atoms with Crippen molar-refractivity contribution < 1.29 is 74.5 Å². The SMILES string of the molecule is O=P(O)(O)OP(=O)(O)OP(=O)(O)OC[C@H]1O[C@@H](c2cc3ccc(C(F)(F)F)nc3[nH]c2=S)C(O)[C@H]1O. The molecule has 1 fully saturated rings. The summed E-state index contributed by atoms with van der Waals surface area (Å²) in [5, 5.41) is 20.7. The molecule has 36 heavy (non-hydrogen) atoms. The summed E-state index contributed by atoms with van der Waals surface area (Å²) in [6.07, 6.45) is -11.2. The number of rotatable bonds is 8. The summed E-state index contributed by atoms with van der Waals surface area (Å²) in [6.45, 7) is -1.06. The van der Waals surface area contributed by atoms with Crippen LogP contribution in [-0.4, -0.2) is 64.7 Å². The van der Waals surface area contributed by atoms with Gasteiger partial charge in [-0.3, -0.25) is 4.52 Å². The van der Waals surface area contributed by atoms with E-state index in [1.807, 2.05) is 0 Å². The Bertz CT molecular complexity index is 1350. The number of phosphoric acid groups is 3. The van der Waals surface area contributed by atoms with Gasteiger partial charge in [-0.15, -0.1) is 0 Å². The fourth-order valence-electron chi connectivity index (χ4n) is 3.08. The zero-order chi connectivity index (χ0) is 27.3. The highest BCUT2D eigenvalue weighted by Gasteiger charge is 2.46. The molecule has 0 spiro atoms. The molecule has 1 aliphatic heterocycles. The van der Waals surface area contributed by atoms with Crippen molar-refractivity contribution in [2.24, 2.45) is 0 Å². The molecule has 2 aromatic heterocycles. The molecule has 202 valence electrons. The Morgan fingerprint density at radius 2 is 1.69 bits per heavy atom. The Morgan fingerprint density at radius 1 is 1.06 bits per heavy atom. The highest BCUT2D eigenvalue weighted by atomic mass is 32.1. The summed E-state index contributed by atoms with van der Waals surface area (Å²) in [5.41, 5.74) is -1.41. The van der Waals surface area contributed by atoms with E-state index in [1.54, 1.807) is 0 Å². The van der Waals surface area contributed by atoms with Gasteiger partial charge >= 0.3 is 29.6 Å². The Morgan fingerprint density at radius 3 is 2.28 bits per heavy atom. The molecule has 1 aliphatic rings. The molecule has 0 amide bonds. The van der Waals surface area contributed by atoms with Gasteiger partial charge in [-0.05, 0) is 18.2 Å². The average Bonchev–Trinajstić information content (AvgIpc) is 2.96. The van der Waals surface area contributed by atoms with Crippen molar-refractivity contribution in [2.75, 3.05) is 6.61 Å². The lowest BCUT2D eigenvalue weighted by molar-refractivity contribution is -0.141. The fourth-order valence-corrected chi connectivity index (χ4v) is 6.38. The summed E-state index contributed by atoms with van der Waals surface area (Å²) in [4.78, 5) is 41.6. The topological polar surface area (TPSA) is 238 Å². The predicted molar refractivity (Wildman–Crippen MR) is 111 cm³/mol. The Balaban J connectivity index is 1.76. The van der Waals surface area contributed by atoms with Gasteiger partial charge in [0.1, 0.15) is 40.4 Å². The molecular formula is C14H16F3N2O13P3S. The maximum atomic E-state index is 12.9. The molecule has 3 heterocycles. The number of hydrogen-bond acceptors (Lipinski definition) is 11. The normalized spacial score (nSPS) is 26.6. The van der Waals surface area contributed by atoms with Crippen LogP contribution in [0.4, 0.5) is 13.2 Å². The Hall–Kier alpha value is -1.14. The monoisotopic (exact) mass is 602 g/mol. The molecule has 0 bridgehead atoms. The highest BCUT2D eigenvalue weighted by molar-refractivity contribution is 7.71. The minimum atomic E-state index is -5.78. The third-order valence-electron chi connectivity index (χ3n) is 4.51. The molecule has 22 heteroatoms. The van der Waals surface area contributed by atoms with Gasteiger partial charge in [-0.25, -0.2) is 18.7 Å². The van der Waals surface area contributed by atoms with Crippen LogP contribution in [0.15, 0.2) is 18.2 Å². The predicted octanol–water partition coefficient (Wildman–Crippen LogP) is 1.82. The van der Waals surface area contributed by atoms with Crippen molar-refractivity contribution in [1.29, 1.82) is 0 Å². The molecule has 6 atom stereocenters. The summed E-state index contributed by atoms with van der Waals surface area (Å²) >= 11 is 5.09. The molecular weight excluding hydrogens is 586 g/mol. The molecule has 1 saturated heterocycles. The third-order valence-corrected chi connectivity index (χ3v) is 8.65. The summed E-state index contributed by atoms with van der Waals surface area (Å²) < 4.78 is 89.2. The standard InChI is InChI=1S/C14H16F3N2O13P3S/c15-14(16,17)8-2-1-5-3-6(13(36)19-12(5)18-8)11-10(21)9(20)7(30-11)4-29-34(25,26)32-35(27,28)31-33(22,23)24/h1-3,7,9-11,20-21H,4H2,(H,25,26)(H,27,28)(H,18,19,36)(H2,22,23,24)/t7-,9+,10?,11+/m1/s1. The van der Waals surface area contributed by atoms with Gasteiger partial charge in [-0.1, -0.05) is 12.2 Å². The highest BCUT2D eigenvalue weighted by Crippen LogP contribution is 2.66. The number of phosphoric ester groups is 1. The van der Waals surface area contributed by atoms with Crippen LogP contribution in [0.1, 0.15) is 17.4 Å². The summed E-state index contributed by atoms with van der Waals surface area (Å²) in [5.74, 6) is 0.